The Morgan fingerprint density at radius 1 is 1.27 bits per heavy atom. The number of anilines is 1. The number of aliphatic hydroxyl groups excluding tert-OH is 5. The Bertz CT molecular complexity index is 1270. The minimum atomic E-state index is -5.55. The Morgan fingerprint density at radius 3 is 2.44 bits per heavy atom. The molecule has 0 bridgehead atoms. The number of primary amides is 1. The first kappa shape index (κ1) is 34.3. The average Bonchev–Trinajstić information content (AvgIpc) is 3.38. The van der Waals surface area contributed by atoms with E-state index in [9.17, 15) is 49.1 Å². The molecule has 41 heavy (non-hydrogen) atoms. The van der Waals surface area contributed by atoms with E-state index in [1.54, 1.807) is 0 Å². The Hall–Kier alpha value is -1.18. The first-order valence-electron chi connectivity index (χ1n) is 11.2. The molecule has 1 aromatic heterocycles. The zero-order valence-corrected chi connectivity index (χ0v) is 23.9. The van der Waals surface area contributed by atoms with E-state index < -0.39 is 94.5 Å². The van der Waals surface area contributed by atoms with Crippen molar-refractivity contribution < 1.29 is 77.0 Å². The van der Waals surface area contributed by atoms with Gasteiger partial charge in [0.05, 0.1) is 18.9 Å². The Labute approximate surface area is 239 Å². The summed E-state index contributed by atoms with van der Waals surface area (Å²) in [5.41, 5.74) is 8.53. The van der Waals surface area contributed by atoms with Crippen LogP contribution in [0.2, 0.25) is 0 Å². The summed E-state index contributed by atoms with van der Waals surface area (Å²) in [5, 5.41) is 61.5. The number of rotatable bonds is 11. The molecule has 2 saturated heterocycles. The van der Waals surface area contributed by atoms with Crippen molar-refractivity contribution in [1.29, 1.82) is 0 Å². The Morgan fingerprint density at radius 2 is 1.90 bits per heavy atom. The molecular formula is C19H27FN2O15P2S2. The van der Waals surface area contributed by atoms with Crippen LogP contribution in [0.1, 0.15) is 21.3 Å². The number of halogens is 1. The van der Waals surface area contributed by atoms with Gasteiger partial charge in [-0.15, -0.1) is 17.8 Å². The van der Waals surface area contributed by atoms with Gasteiger partial charge >= 0.3 is 14.5 Å². The first-order chi connectivity index (χ1) is 18.9. The number of terminal acetylenes is 1. The first-order valence-corrected chi connectivity index (χ1v) is 16.2. The maximum Gasteiger partial charge on any atom is 0.481 e. The summed E-state index contributed by atoms with van der Waals surface area (Å²) < 4.78 is 50.7. The second-order valence-corrected chi connectivity index (χ2v) is 14.1. The number of thiophene rings is 1. The highest BCUT2D eigenvalue weighted by Crippen LogP contribution is 2.62. The lowest BCUT2D eigenvalue weighted by atomic mass is 9.88. The number of aliphatic hydroxyl groups is 6. The summed E-state index contributed by atoms with van der Waals surface area (Å²) in [4.78, 5) is 31.8. The summed E-state index contributed by atoms with van der Waals surface area (Å²) in [6, 6.07) is 0. The molecule has 1 amide bonds. The van der Waals surface area contributed by atoms with Crippen LogP contribution in [0.25, 0.3) is 0 Å². The van der Waals surface area contributed by atoms with Crippen LogP contribution in [-0.2, 0) is 39.2 Å². The number of ether oxygens (including phenoxy) is 2. The van der Waals surface area contributed by atoms with Crippen molar-refractivity contribution in [3.8, 4) is 12.3 Å². The van der Waals surface area contributed by atoms with Crippen LogP contribution in [0.4, 0.5) is 10.1 Å². The minimum absolute atomic E-state index is 0.00658. The molecule has 17 nitrogen and oxygen atoms in total. The predicted molar refractivity (Wildman–Crippen MR) is 138 cm³/mol. The van der Waals surface area contributed by atoms with Crippen molar-refractivity contribution in [2.75, 3.05) is 18.9 Å². The third kappa shape index (κ3) is 7.15. The molecule has 7 unspecified atom stereocenters. The SMILES string of the molecule is C#C[C@@]1(O)[C@H](O)[C@@H](COP(O)(=S)OP(=O)(O)OC2OC([C@@H](F)CO)C(O)C(O)C2O)O[C@H]1c1csc(C(N)=O)c1N. The number of carbonyl (C=O) groups excluding carboxylic acids is 1. The normalized spacial score (nSPS) is 37.6. The lowest BCUT2D eigenvalue weighted by Crippen LogP contribution is -2.60. The van der Waals surface area contributed by atoms with E-state index in [0.717, 1.165) is 11.3 Å². The van der Waals surface area contributed by atoms with Crippen molar-refractivity contribution in [3.63, 3.8) is 0 Å². The van der Waals surface area contributed by atoms with E-state index in [-0.39, 0.29) is 16.1 Å². The summed E-state index contributed by atoms with van der Waals surface area (Å²) >= 11 is 5.48. The standard InChI is InChI=1S/C19H27FN2O15P2S2/c1-2-19(29)15(27)8(34-16(19)6-5-41-14(9(6)21)17(22)28)4-33-39(32,40)37-38(30,31)36-18-12(26)10(24)11(25)13(35-18)7(20)3-23/h1,5,7-8,10-13,15-16,18,23-27,29H,3-4,21H2,(H2,22,28)(H,30,31)(H,32,40)/t7-,8+,10?,11?,12?,13?,15+,16-,18?,19+,39?/m0/s1. The van der Waals surface area contributed by atoms with Gasteiger partial charge in [-0.3, -0.25) is 9.32 Å². The highest BCUT2D eigenvalue weighted by molar-refractivity contribution is 8.08. The van der Waals surface area contributed by atoms with Crippen LogP contribution >= 0.6 is 25.9 Å². The van der Waals surface area contributed by atoms with Gasteiger partial charge in [0.15, 0.2) is 18.1 Å². The number of phosphoric acid groups is 1. The van der Waals surface area contributed by atoms with Crippen LogP contribution in [-0.4, -0.2) is 114 Å². The fraction of sp³-hybridized carbons (Fsp3) is 0.632. The number of hydrogen-bond donors (Lipinski definition) is 10. The van der Waals surface area contributed by atoms with Gasteiger partial charge in [0, 0.05) is 5.56 Å². The fourth-order valence-corrected chi connectivity index (χ4v) is 7.96. The summed E-state index contributed by atoms with van der Waals surface area (Å²) in [6.45, 7) is -6.88. The lowest BCUT2D eigenvalue weighted by Gasteiger charge is -2.41. The molecule has 0 radical (unpaired) electrons. The number of carbonyl (C=O) groups is 1. The van der Waals surface area contributed by atoms with Crippen LogP contribution in [0.15, 0.2) is 5.38 Å². The summed E-state index contributed by atoms with van der Waals surface area (Å²) in [6.07, 6.45) is -12.7. The van der Waals surface area contributed by atoms with Gasteiger partial charge in [-0.1, -0.05) is 5.92 Å². The van der Waals surface area contributed by atoms with Gasteiger partial charge in [0.25, 0.3) is 5.91 Å². The smallest absolute Gasteiger partial charge is 0.397 e. The van der Waals surface area contributed by atoms with E-state index in [2.05, 4.69) is 20.6 Å². The zero-order valence-electron chi connectivity index (χ0n) is 20.4. The van der Waals surface area contributed by atoms with Crippen LogP contribution < -0.4 is 11.5 Å². The number of nitrogen functional groups attached to an aromatic ring is 1. The van der Waals surface area contributed by atoms with Crippen molar-refractivity contribution in [2.45, 2.75) is 60.8 Å². The Kier molecular flexibility index (Phi) is 10.7. The molecule has 3 rings (SSSR count). The van der Waals surface area contributed by atoms with Gasteiger partial charge < -0.3 is 65.9 Å². The lowest BCUT2D eigenvalue weighted by molar-refractivity contribution is -0.287. The van der Waals surface area contributed by atoms with Crippen molar-refractivity contribution in [1.82, 2.24) is 0 Å². The Balaban J connectivity index is 1.69. The van der Waals surface area contributed by atoms with Crippen molar-refractivity contribution in [2.24, 2.45) is 5.73 Å². The fourth-order valence-electron chi connectivity index (χ4n) is 4.00. The summed E-state index contributed by atoms with van der Waals surface area (Å²) in [7, 11) is -5.55. The summed E-state index contributed by atoms with van der Waals surface area (Å²) in [5.74, 6) is 1.09. The molecule has 0 aromatic carbocycles. The molecule has 0 saturated carbocycles. The quantitative estimate of drug-likeness (QED) is 0.0835. The molecule has 1 aromatic rings. The molecule has 2 aliphatic rings. The number of alkyl halides is 1. The highest BCUT2D eigenvalue weighted by atomic mass is 32.5. The largest absolute Gasteiger partial charge is 0.481 e. The van der Waals surface area contributed by atoms with E-state index >= 15 is 0 Å². The van der Waals surface area contributed by atoms with E-state index in [4.69, 9.17) is 37.0 Å². The highest BCUT2D eigenvalue weighted by Gasteiger charge is 2.56. The topological polar surface area (TPSA) is 294 Å². The molecule has 3 heterocycles. The second kappa shape index (κ2) is 12.8. The van der Waals surface area contributed by atoms with Gasteiger partial charge in [-0.25, -0.2) is 13.3 Å². The van der Waals surface area contributed by atoms with Gasteiger partial charge in [0.2, 0.25) is 0 Å². The number of hydrogen-bond acceptors (Lipinski definition) is 16. The molecule has 22 heteroatoms. The van der Waals surface area contributed by atoms with Crippen molar-refractivity contribution >= 4 is 49.3 Å². The second-order valence-electron chi connectivity index (χ2n) is 8.83. The number of amides is 1. The van der Waals surface area contributed by atoms with Gasteiger partial charge in [-0.05, 0) is 17.2 Å². The third-order valence-electron chi connectivity index (χ3n) is 6.09. The monoisotopic (exact) mass is 668 g/mol. The van der Waals surface area contributed by atoms with Crippen LogP contribution in [0, 0.1) is 12.3 Å². The molecule has 12 N–H and O–H groups in total. The molecule has 2 aliphatic heterocycles. The number of phosphoric ester groups is 1. The van der Waals surface area contributed by atoms with Crippen LogP contribution in [0.3, 0.4) is 0 Å². The molecule has 0 spiro atoms. The predicted octanol–water partition coefficient (Wildman–Crippen LogP) is -2.90. The maximum atomic E-state index is 13.9. The van der Waals surface area contributed by atoms with E-state index in [1.165, 1.54) is 5.38 Å². The maximum absolute atomic E-state index is 13.9. The molecule has 2 fully saturated rings. The van der Waals surface area contributed by atoms with Gasteiger partial charge in [0.1, 0.15) is 47.6 Å². The number of nitrogens with two attached hydrogens (primary N) is 2. The molecule has 232 valence electrons. The third-order valence-corrected chi connectivity index (χ3v) is 10.6. The van der Waals surface area contributed by atoms with E-state index in [0.29, 0.717) is 0 Å². The van der Waals surface area contributed by atoms with E-state index in [1.807, 2.05) is 5.92 Å². The van der Waals surface area contributed by atoms with Crippen molar-refractivity contribution in [3.05, 3.63) is 15.8 Å². The molecular weight excluding hydrogens is 641 g/mol. The average molecular weight is 669 g/mol. The van der Waals surface area contributed by atoms with Gasteiger partial charge in [-0.2, -0.15) is 0 Å². The zero-order chi connectivity index (χ0) is 31.1. The van der Waals surface area contributed by atoms with Crippen LogP contribution in [0.5, 0.6) is 0 Å². The molecule has 0 aliphatic carbocycles. The minimum Gasteiger partial charge on any atom is -0.397 e. The molecule has 12 atom stereocenters.